The zero-order chi connectivity index (χ0) is 30.6. The quantitative estimate of drug-likeness (QED) is 0.352. The van der Waals surface area contributed by atoms with Crippen LogP contribution in [-0.2, 0) is 14.4 Å². The van der Waals surface area contributed by atoms with Gasteiger partial charge in [-0.1, -0.05) is 39.8 Å². The molecular weight excluding hydrogens is 592 g/mol. The van der Waals surface area contributed by atoms with Crippen LogP contribution in [0, 0.1) is 24.7 Å². The summed E-state index contributed by atoms with van der Waals surface area (Å²) in [4.78, 5) is 42.5. The van der Waals surface area contributed by atoms with Crippen LogP contribution in [0.2, 0.25) is 0 Å². The first-order valence-corrected chi connectivity index (χ1v) is 15.6. The Hall–Kier alpha value is -3.19. The first-order chi connectivity index (χ1) is 19.7. The molecule has 0 aromatic heterocycles. The molecule has 222 valence electrons. The number of ketones is 2. The van der Waals surface area contributed by atoms with E-state index in [1.165, 1.54) is 0 Å². The van der Waals surface area contributed by atoms with Crippen molar-refractivity contribution in [2.24, 2.45) is 10.8 Å². The van der Waals surface area contributed by atoms with E-state index in [4.69, 9.17) is 4.74 Å². The fourth-order valence-corrected chi connectivity index (χ4v) is 7.25. The number of rotatable bonds is 6. The SMILES string of the molecule is CCN1C2=C(C(=O)CC(C)(C)C2)C(c2ccc(OCC(=O)Nc3ccc(C)c(C)c3)c(Br)c2)C2=C1CC(C)(C)CC2=O. The highest BCUT2D eigenvalue weighted by Crippen LogP contribution is 2.54. The summed E-state index contributed by atoms with van der Waals surface area (Å²) in [6, 6.07) is 11.5. The molecule has 1 heterocycles. The summed E-state index contributed by atoms with van der Waals surface area (Å²) in [7, 11) is 0. The minimum atomic E-state index is -0.413. The molecular formula is C35H41BrN2O4. The van der Waals surface area contributed by atoms with E-state index in [1.54, 1.807) is 0 Å². The van der Waals surface area contributed by atoms with Gasteiger partial charge in [-0.25, -0.2) is 0 Å². The van der Waals surface area contributed by atoms with Crippen molar-refractivity contribution in [1.82, 2.24) is 4.90 Å². The van der Waals surface area contributed by atoms with Crippen molar-refractivity contribution >= 4 is 39.1 Å². The second-order valence-corrected chi connectivity index (χ2v) is 14.5. The molecule has 1 aliphatic heterocycles. The molecule has 0 saturated heterocycles. The minimum absolute atomic E-state index is 0.119. The van der Waals surface area contributed by atoms with E-state index in [0.29, 0.717) is 23.1 Å². The van der Waals surface area contributed by atoms with E-state index >= 15 is 0 Å². The number of halogens is 1. The van der Waals surface area contributed by atoms with E-state index < -0.39 is 5.92 Å². The van der Waals surface area contributed by atoms with E-state index in [0.717, 1.165) is 64.3 Å². The number of aryl methyl sites for hydroxylation is 2. The first-order valence-electron chi connectivity index (χ1n) is 14.8. The van der Waals surface area contributed by atoms with Crippen molar-refractivity contribution in [3.05, 3.63) is 80.1 Å². The lowest BCUT2D eigenvalue weighted by atomic mass is 9.63. The molecule has 2 aromatic rings. The Kier molecular flexibility index (Phi) is 8.03. The van der Waals surface area contributed by atoms with Gasteiger partial charge in [-0.3, -0.25) is 14.4 Å². The third-order valence-electron chi connectivity index (χ3n) is 8.78. The third kappa shape index (κ3) is 5.85. The number of hydrogen-bond acceptors (Lipinski definition) is 5. The number of nitrogens with zero attached hydrogens (tertiary/aromatic N) is 1. The molecule has 0 radical (unpaired) electrons. The maximum atomic E-state index is 13.8. The van der Waals surface area contributed by atoms with E-state index in [1.807, 2.05) is 50.2 Å². The van der Waals surface area contributed by atoms with Gasteiger partial charge in [-0.05, 0) is 101 Å². The molecule has 2 aromatic carbocycles. The highest BCUT2D eigenvalue weighted by Gasteiger charge is 2.48. The number of anilines is 1. The Balaban J connectivity index is 1.47. The second kappa shape index (κ2) is 11.1. The van der Waals surface area contributed by atoms with Gasteiger partial charge in [0.2, 0.25) is 0 Å². The number of nitrogens with one attached hydrogen (secondary N) is 1. The zero-order valence-electron chi connectivity index (χ0n) is 25.7. The summed E-state index contributed by atoms with van der Waals surface area (Å²) < 4.78 is 6.56. The van der Waals surface area contributed by atoms with Crippen LogP contribution in [0.1, 0.15) is 82.9 Å². The Morgan fingerprint density at radius 2 is 1.50 bits per heavy atom. The molecule has 5 rings (SSSR count). The molecule has 42 heavy (non-hydrogen) atoms. The predicted molar refractivity (Wildman–Crippen MR) is 169 cm³/mol. The van der Waals surface area contributed by atoms with Gasteiger partial charge in [0.15, 0.2) is 18.2 Å². The van der Waals surface area contributed by atoms with Crippen molar-refractivity contribution in [3.8, 4) is 5.75 Å². The van der Waals surface area contributed by atoms with Gasteiger partial charge >= 0.3 is 0 Å². The number of amides is 1. The molecule has 2 aliphatic carbocycles. The lowest BCUT2D eigenvalue weighted by Gasteiger charge is -2.48. The smallest absolute Gasteiger partial charge is 0.262 e. The van der Waals surface area contributed by atoms with Crippen LogP contribution in [0.5, 0.6) is 5.75 Å². The van der Waals surface area contributed by atoms with Crippen molar-refractivity contribution in [2.45, 2.75) is 80.1 Å². The summed E-state index contributed by atoms with van der Waals surface area (Å²) >= 11 is 3.65. The highest BCUT2D eigenvalue weighted by molar-refractivity contribution is 9.10. The molecule has 0 bridgehead atoms. The predicted octanol–water partition coefficient (Wildman–Crippen LogP) is 7.79. The van der Waals surface area contributed by atoms with E-state index in [9.17, 15) is 14.4 Å². The van der Waals surface area contributed by atoms with Gasteiger partial charge in [-0.2, -0.15) is 0 Å². The van der Waals surface area contributed by atoms with Crippen LogP contribution < -0.4 is 10.1 Å². The van der Waals surface area contributed by atoms with Gasteiger partial charge < -0.3 is 15.0 Å². The molecule has 1 N–H and O–H groups in total. The maximum Gasteiger partial charge on any atom is 0.262 e. The average molecular weight is 634 g/mol. The number of Topliss-reactive ketones (excluding diaryl/α,β-unsaturated/α-hetero) is 2. The van der Waals surface area contributed by atoms with Crippen LogP contribution in [-0.4, -0.2) is 35.5 Å². The lowest BCUT2D eigenvalue weighted by Crippen LogP contribution is -2.44. The van der Waals surface area contributed by atoms with Crippen LogP contribution in [0.25, 0.3) is 0 Å². The summed E-state index contributed by atoms with van der Waals surface area (Å²) in [5.41, 5.74) is 7.24. The fourth-order valence-electron chi connectivity index (χ4n) is 6.74. The second-order valence-electron chi connectivity index (χ2n) is 13.6. The van der Waals surface area contributed by atoms with Crippen LogP contribution in [0.4, 0.5) is 5.69 Å². The van der Waals surface area contributed by atoms with Crippen LogP contribution in [0.15, 0.2) is 63.4 Å². The number of benzene rings is 2. The Morgan fingerprint density at radius 1 is 0.905 bits per heavy atom. The maximum absolute atomic E-state index is 13.8. The number of carbonyl (C=O) groups is 3. The number of carbonyl (C=O) groups excluding carboxylic acids is 3. The Morgan fingerprint density at radius 3 is 2.02 bits per heavy atom. The minimum Gasteiger partial charge on any atom is -0.483 e. The van der Waals surface area contributed by atoms with Crippen molar-refractivity contribution in [3.63, 3.8) is 0 Å². The van der Waals surface area contributed by atoms with Crippen LogP contribution in [0.3, 0.4) is 0 Å². The van der Waals surface area contributed by atoms with Gasteiger partial charge in [-0.15, -0.1) is 0 Å². The van der Waals surface area contributed by atoms with Gasteiger partial charge in [0.1, 0.15) is 5.75 Å². The fraction of sp³-hybridized carbons (Fsp3) is 0.457. The van der Waals surface area contributed by atoms with Gasteiger partial charge in [0, 0.05) is 53.5 Å². The molecule has 0 saturated carbocycles. The van der Waals surface area contributed by atoms with E-state index in [-0.39, 0.29) is 34.9 Å². The standard InChI is InChI=1S/C35H41BrN2O4/c1-8-38-25-15-34(4,5)17-27(39)32(25)31(33-26(38)16-35(6,7)18-28(33)40)22-10-12-29(24(36)14-22)42-19-30(41)37-23-11-9-20(2)21(3)13-23/h9-14,31H,8,15-19H2,1-7H3,(H,37,41). The Bertz CT molecular complexity index is 1490. The molecule has 6 nitrogen and oxygen atoms in total. The van der Waals surface area contributed by atoms with Crippen molar-refractivity contribution < 1.29 is 19.1 Å². The number of allylic oxidation sites excluding steroid dienone is 4. The van der Waals surface area contributed by atoms with Gasteiger partial charge in [0.05, 0.1) is 4.47 Å². The molecule has 0 atom stereocenters. The number of ether oxygens (including phenoxy) is 1. The molecule has 0 spiro atoms. The summed E-state index contributed by atoms with van der Waals surface area (Å²) in [5, 5.41) is 2.89. The average Bonchev–Trinajstić information content (AvgIpc) is 2.87. The van der Waals surface area contributed by atoms with Gasteiger partial charge in [0.25, 0.3) is 5.91 Å². The summed E-state index contributed by atoms with van der Waals surface area (Å²) in [6.07, 6.45) is 2.50. The zero-order valence-corrected chi connectivity index (χ0v) is 27.3. The summed E-state index contributed by atoms with van der Waals surface area (Å²) in [6.45, 7) is 15.3. The van der Waals surface area contributed by atoms with Crippen LogP contribution >= 0.6 is 15.9 Å². The Labute approximate surface area is 257 Å². The molecule has 0 fully saturated rings. The molecule has 7 heteroatoms. The largest absolute Gasteiger partial charge is 0.483 e. The van der Waals surface area contributed by atoms with Crippen molar-refractivity contribution in [1.29, 1.82) is 0 Å². The molecule has 3 aliphatic rings. The topological polar surface area (TPSA) is 75.7 Å². The van der Waals surface area contributed by atoms with E-state index in [2.05, 4.69) is 60.8 Å². The summed E-state index contributed by atoms with van der Waals surface area (Å²) in [5.74, 6) is 0.0947. The normalized spacial score (nSPS) is 20.0. The molecule has 0 unspecified atom stereocenters. The number of hydrogen-bond donors (Lipinski definition) is 1. The monoisotopic (exact) mass is 632 g/mol. The lowest BCUT2D eigenvalue weighted by molar-refractivity contribution is -0.120. The van der Waals surface area contributed by atoms with Crippen molar-refractivity contribution in [2.75, 3.05) is 18.5 Å². The third-order valence-corrected chi connectivity index (χ3v) is 9.40. The highest BCUT2D eigenvalue weighted by atomic mass is 79.9. The molecule has 1 amide bonds. The first kappa shape index (κ1) is 30.3.